The van der Waals surface area contributed by atoms with E-state index in [0.29, 0.717) is 12.2 Å². The molecule has 2 aromatic rings. The Morgan fingerprint density at radius 2 is 1.88 bits per heavy atom. The molecule has 84 valence electrons. The van der Waals surface area contributed by atoms with E-state index in [1.165, 1.54) is 6.26 Å². The molecule has 0 aliphatic carbocycles. The molecule has 0 aliphatic rings. The molecule has 0 unspecified atom stereocenters. The topological polar surface area (TPSA) is 59.4 Å². The second-order valence-corrected chi connectivity index (χ2v) is 3.81. The highest BCUT2D eigenvalue weighted by molar-refractivity contribution is 5.17. The van der Waals surface area contributed by atoms with Gasteiger partial charge in [0, 0.05) is 6.04 Å². The van der Waals surface area contributed by atoms with E-state index < -0.39 is 6.10 Å². The van der Waals surface area contributed by atoms with Crippen LogP contribution in [-0.4, -0.2) is 11.1 Å². The van der Waals surface area contributed by atoms with Gasteiger partial charge in [-0.1, -0.05) is 30.3 Å². The number of furan rings is 1. The zero-order valence-electron chi connectivity index (χ0n) is 8.91. The molecule has 0 aliphatic heterocycles. The first-order valence-corrected chi connectivity index (χ1v) is 5.28. The van der Waals surface area contributed by atoms with Crippen molar-refractivity contribution in [1.29, 1.82) is 0 Å². The lowest BCUT2D eigenvalue weighted by Crippen LogP contribution is -2.30. The van der Waals surface area contributed by atoms with Gasteiger partial charge in [-0.25, -0.2) is 0 Å². The van der Waals surface area contributed by atoms with Crippen LogP contribution in [0.2, 0.25) is 0 Å². The number of hydrogen-bond donors (Lipinski definition) is 2. The van der Waals surface area contributed by atoms with Crippen LogP contribution in [0.3, 0.4) is 0 Å². The van der Waals surface area contributed by atoms with E-state index in [2.05, 4.69) is 0 Å². The molecule has 3 N–H and O–H groups in total. The second-order valence-electron chi connectivity index (χ2n) is 3.81. The van der Waals surface area contributed by atoms with Gasteiger partial charge in [0.1, 0.15) is 11.9 Å². The zero-order chi connectivity index (χ0) is 11.4. The zero-order valence-corrected chi connectivity index (χ0v) is 8.91. The van der Waals surface area contributed by atoms with Crippen molar-refractivity contribution in [2.75, 3.05) is 0 Å². The van der Waals surface area contributed by atoms with E-state index in [0.717, 1.165) is 5.56 Å². The summed E-state index contributed by atoms with van der Waals surface area (Å²) >= 11 is 0. The monoisotopic (exact) mass is 217 g/mol. The lowest BCUT2D eigenvalue weighted by molar-refractivity contribution is 0.121. The maximum atomic E-state index is 9.92. The Morgan fingerprint density at radius 3 is 2.50 bits per heavy atom. The number of rotatable bonds is 4. The predicted octanol–water partition coefficient (Wildman–Crippen LogP) is 1.88. The third-order valence-corrected chi connectivity index (χ3v) is 2.55. The minimum absolute atomic E-state index is 0.353. The number of benzene rings is 1. The molecule has 3 heteroatoms. The highest BCUT2D eigenvalue weighted by atomic mass is 16.4. The van der Waals surface area contributed by atoms with Gasteiger partial charge in [0.25, 0.3) is 0 Å². The Balaban J connectivity index is 2.01. The summed E-state index contributed by atoms with van der Waals surface area (Å²) in [6.45, 7) is 0. The Kier molecular flexibility index (Phi) is 3.39. The third-order valence-electron chi connectivity index (χ3n) is 2.55. The quantitative estimate of drug-likeness (QED) is 0.822. The first-order chi connectivity index (χ1) is 7.77. The molecular weight excluding hydrogens is 202 g/mol. The normalized spacial score (nSPS) is 14.6. The van der Waals surface area contributed by atoms with E-state index in [1.807, 2.05) is 30.3 Å². The molecule has 1 heterocycles. The summed E-state index contributed by atoms with van der Waals surface area (Å²) in [6.07, 6.45) is 1.41. The smallest absolute Gasteiger partial charge is 0.133 e. The van der Waals surface area contributed by atoms with E-state index in [4.69, 9.17) is 10.2 Å². The summed E-state index contributed by atoms with van der Waals surface area (Å²) in [5.74, 6) is 0.517. The molecule has 0 saturated heterocycles. The fraction of sp³-hybridized carbons (Fsp3) is 0.231. The van der Waals surface area contributed by atoms with Crippen LogP contribution in [0.1, 0.15) is 17.4 Å². The summed E-state index contributed by atoms with van der Waals surface area (Å²) in [4.78, 5) is 0. The summed E-state index contributed by atoms with van der Waals surface area (Å²) in [5, 5.41) is 9.92. The van der Waals surface area contributed by atoms with Crippen molar-refractivity contribution in [3.8, 4) is 0 Å². The summed E-state index contributed by atoms with van der Waals surface area (Å²) in [5.41, 5.74) is 7.04. The van der Waals surface area contributed by atoms with Crippen molar-refractivity contribution in [2.45, 2.75) is 18.6 Å². The second kappa shape index (κ2) is 4.96. The van der Waals surface area contributed by atoms with Crippen LogP contribution in [0.5, 0.6) is 0 Å². The predicted molar refractivity (Wildman–Crippen MR) is 61.8 cm³/mol. The van der Waals surface area contributed by atoms with Crippen molar-refractivity contribution in [3.05, 3.63) is 60.1 Å². The molecule has 0 bridgehead atoms. The highest BCUT2D eigenvalue weighted by Crippen LogP contribution is 2.18. The van der Waals surface area contributed by atoms with Crippen molar-refractivity contribution in [2.24, 2.45) is 5.73 Å². The summed E-state index contributed by atoms with van der Waals surface area (Å²) < 4.78 is 5.12. The Hall–Kier alpha value is -1.58. The number of nitrogens with two attached hydrogens (primary N) is 1. The molecule has 0 spiro atoms. The minimum atomic E-state index is -0.754. The van der Waals surface area contributed by atoms with Gasteiger partial charge in [0.2, 0.25) is 0 Å². The summed E-state index contributed by atoms with van der Waals surface area (Å²) in [7, 11) is 0. The average molecular weight is 217 g/mol. The third kappa shape index (κ3) is 2.51. The van der Waals surface area contributed by atoms with Gasteiger partial charge in [0.15, 0.2) is 0 Å². The van der Waals surface area contributed by atoms with Crippen molar-refractivity contribution in [1.82, 2.24) is 0 Å². The van der Waals surface area contributed by atoms with Gasteiger partial charge in [-0.15, -0.1) is 0 Å². The largest absolute Gasteiger partial charge is 0.467 e. The van der Waals surface area contributed by atoms with Crippen LogP contribution in [0.25, 0.3) is 0 Å². The lowest BCUT2D eigenvalue weighted by atomic mass is 10.0. The fourth-order valence-electron chi connectivity index (χ4n) is 1.67. The fourth-order valence-corrected chi connectivity index (χ4v) is 1.67. The molecule has 2 atom stereocenters. The number of hydrogen-bond acceptors (Lipinski definition) is 3. The molecule has 1 aromatic carbocycles. The van der Waals surface area contributed by atoms with Crippen LogP contribution < -0.4 is 5.73 Å². The van der Waals surface area contributed by atoms with Gasteiger partial charge in [0.05, 0.1) is 6.26 Å². The Bertz CT molecular complexity index is 411. The van der Waals surface area contributed by atoms with Crippen LogP contribution in [0, 0.1) is 0 Å². The molecule has 0 saturated carbocycles. The van der Waals surface area contributed by atoms with Crippen LogP contribution in [0.4, 0.5) is 0 Å². The average Bonchev–Trinajstić information content (AvgIpc) is 2.83. The minimum Gasteiger partial charge on any atom is -0.467 e. The van der Waals surface area contributed by atoms with Gasteiger partial charge in [-0.05, 0) is 24.1 Å². The van der Waals surface area contributed by atoms with Gasteiger partial charge in [-0.3, -0.25) is 0 Å². The van der Waals surface area contributed by atoms with Gasteiger partial charge < -0.3 is 15.3 Å². The Morgan fingerprint density at radius 1 is 1.12 bits per heavy atom. The molecule has 2 rings (SSSR count). The molecular formula is C13H15NO2. The molecule has 0 amide bonds. The van der Waals surface area contributed by atoms with Crippen LogP contribution in [0.15, 0.2) is 53.1 Å². The maximum Gasteiger partial charge on any atom is 0.133 e. The molecule has 3 nitrogen and oxygen atoms in total. The first kappa shape index (κ1) is 10.9. The number of aliphatic hydroxyl groups excluding tert-OH is 1. The SMILES string of the molecule is N[C@@H](Cc1ccccc1)[C@H](O)c1ccco1. The van der Waals surface area contributed by atoms with Crippen molar-refractivity contribution >= 4 is 0 Å². The molecule has 0 radical (unpaired) electrons. The van der Waals surface area contributed by atoms with Gasteiger partial charge in [-0.2, -0.15) is 0 Å². The standard InChI is InChI=1S/C13H15NO2/c14-11(9-10-5-2-1-3-6-10)13(15)12-7-4-8-16-12/h1-8,11,13,15H,9,14H2/t11-,13-/m0/s1. The summed E-state index contributed by atoms with van der Waals surface area (Å²) in [6, 6.07) is 13.0. The lowest BCUT2D eigenvalue weighted by Gasteiger charge is -2.16. The molecule has 0 fully saturated rings. The van der Waals surface area contributed by atoms with Crippen LogP contribution in [-0.2, 0) is 6.42 Å². The van der Waals surface area contributed by atoms with E-state index in [9.17, 15) is 5.11 Å². The first-order valence-electron chi connectivity index (χ1n) is 5.28. The molecule has 1 aromatic heterocycles. The van der Waals surface area contributed by atoms with E-state index >= 15 is 0 Å². The highest BCUT2D eigenvalue weighted by Gasteiger charge is 2.19. The van der Waals surface area contributed by atoms with Crippen molar-refractivity contribution in [3.63, 3.8) is 0 Å². The Labute approximate surface area is 94.5 Å². The molecule has 16 heavy (non-hydrogen) atoms. The van der Waals surface area contributed by atoms with E-state index in [1.54, 1.807) is 12.1 Å². The van der Waals surface area contributed by atoms with Crippen molar-refractivity contribution < 1.29 is 9.52 Å². The van der Waals surface area contributed by atoms with Gasteiger partial charge >= 0.3 is 0 Å². The number of aliphatic hydroxyl groups is 1. The van der Waals surface area contributed by atoms with E-state index in [-0.39, 0.29) is 6.04 Å². The maximum absolute atomic E-state index is 9.92. The van der Waals surface area contributed by atoms with Crippen LogP contribution >= 0.6 is 0 Å².